The van der Waals surface area contributed by atoms with E-state index >= 15 is 0 Å². The first-order valence-corrected chi connectivity index (χ1v) is 8.23. The third-order valence-corrected chi connectivity index (χ3v) is 3.53. The molecular formula is C12H27NO4S. The van der Waals surface area contributed by atoms with Crippen molar-refractivity contribution in [3.8, 4) is 0 Å². The van der Waals surface area contributed by atoms with Gasteiger partial charge in [0.2, 0.25) is 0 Å². The summed E-state index contributed by atoms with van der Waals surface area (Å²) < 4.78 is 29.5. The lowest BCUT2D eigenvalue weighted by Gasteiger charge is -2.03. The summed E-state index contributed by atoms with van der Waals surface area (Å²) in [5.41, 5.74) is 0. The maximum Gasteiger partial charge on any atom is 0.415 e. The molecule has 0 aliphatic rings. The van der Waals surface area contributed by atoms with E-state index in [1.165, 1.54) is 44.9 Å². The molecule has 0 heterocycles. The van der Waals surface area contributed by atoms with Crippen molar-refractivity contribution in [3.05, 3.63) is 0 Å². The van der Waals surface area contributed by atoms with Crippen LogP contribution in [0.1, 0.15) is 71.1 Å². The largest absolute Gasteiger partial charge is 0.415 e. The minimum absolute atomic E-state index is 0.149. The predicted molar refractivity (Wildman–Crippen MR) is 72.0 cm³/mol. The summed E-state index contributed by atoms with van der Waals surface area (Å²) in [6.45, 7) is 2.37. The Morgan fingerprint density at radius 3 is 1.72 bits per heavy atom. The van der Waals surface area contributed by atoms with E-state index in [2.05, 4.69) is 21.3 Å². The Hall–Kier alpha value is -0.170. The molecule has 0 aliphatic carbocycles. The van der Waals surface area contributed by atoms with Gasteiger partial charge in [0.25, 0.3) is 0 Å². The fourth-order valence-electron chi connectivity index (χ4n) is 1.78. The highest BCUT2D eigenvalue weighted by molar-refractivity contribution is 7.81. The number of hydrogen-bond acceptors (Lipinski definition) is 5. The molecule has 0 unspecified atom stereocenters. The third-order valence-electron chi connectivity index (χ3n) is 2.84. The Kier molecular flexibility index (Phi) is 11.8. The standard InChI is InChI=1S/C12H27NO4S/c1-2-3-4-5-6-7-8-9-10-11-12-16-18(14,15)17-13/h2-13H2,1H3. The number of hydrogen-bond donors (Lipinski definition) is 1. The van der Waals surface area contributed by atoms with Crippen LogP contribution in [0.15, 0.2) is 0 Å². The van der Waals surface area contributed by atoms with Crippen LogP contribution in [0, 0.1) is 0 Å². The van der Waals surface area contributed by atoms with Gasteiger partial charge in [-0.05, 0) is 6.42 Å². The highest BCUT2D eigenvalue weighted by atomic mass is 32.3. The van der Waals surface area contributed by atoms with Gasteiger partial charge in [-0.25, -0.2) is 4.18 Å². The molecule has 2 N–H and O–H groups in total. The second-order valence-corrected chi connectivity index (χ2v) is 5.75. The van der Waals surface area contributed by atoms with Crippen molar-refractivity contribution in [1.82, 2.24) is 0 Å². The molecule has 0 aromatic carbocycles. The summed E-state index contributed by atoms with van der Waals surface area (Å²) in [6.07, 6.45) is 11.9. The van der Waals surface area contributed by atoms with E-state index in [0.29, 0.717) is 0 Å². The van der Waals surface area contributed by atoms with E-state index in [0.717, 1.165) is 19.3 Å². The molecular weight excluding hydrogens is 254 g/mol. The zero-order valence-corrected chi connectivity index (χ0v) is 12.2. The van der Waals surface area contributed by atoms with Crippen LogP contribution in [-0.4, -0.2) is 15.0 Å². The Morgan fingerprint density at radius 2 is 1.28 bits per heavy atom. The zero-order valence-electron chi connectivity index (χ0n) is 11.4. The summed E-state index contributed by atoms with van der Waals surface area (Å²) in [6, 6.07) is 0. The molecule has 0 radical (unpaired) electrons. The molecule has 0 amide bonds. The summed E-state index contributed by atoms with van der Waals surface area (Å²) >= 11 is 0. The van der Waals surface area contributed by atoms with Crippen LogP contribution in [0.2, 0.25) is 0 Å². The number of nitrogens with two attached hydrogens (primary N) is 1. The van der Waals surface area contributed by atoms with Crippen LogP contribution < -0.4 is 5.90 Å². The number of rotatable bonds is 13. The quantitative estimate of drug-likeness (QED) is 0.414. The van der Waals surface area contributed by atoms with Gasteiger partial charge in [0.05, 0.1) is 6.61 Å². The lowest BCUT2D eigenvalue weighted by Crippen LogP contribution is -2.14. The molecule has 0 aliphatic heterocycles. The van der Waals surface area contributed by atoms with Crippen LogP contribution in [-0.2, 0) is 18.9 Å². The molecule has 6 heteroatoms. The molecule has 0 bridgehead atoms. The summed E-state index contributed by atoms with van der Waals surface area (Å²) in [5, 5.41) is 0. The lowest BCUT2D eigenvalue weighted by atomic mass is 10.1. The Labute approximate surface area is 111 Å². The fourth-order valence-corrected chi connectivity index (χ4v) is 2.16. The highest BCUT2D eigenvalue weighted by Gasteiger charge is 2.08. The van der Waals surface area contributed by atoms with Crippen LogP contribution >= 0.6 is 0 Å². The minimum atomic E-state index is -3.95. The van der Waals surface area contributed by atoms with Crippen LogP contribution in [0.4, 0.5) is 0 Å². The number of unbranched alkanes of at least 4 members (excludes halogenated alkanes) is 9. The maximum absolute atomic E-state index is 10.7. The van der Waals surface area contributed by atoms with Gasteiger partial charge >= 0.3 is 10.4 Å². The van der Waals surface area contributed by atoms with Crippen LogP contribution in [0.3, 0.4) is 0 Å². The maximum atomic E-state index is 10.7. The van der Waals surface area contributed by atoms with Gasteiger partial charge in [0.15, 0.2) is 0 Å². The van der Waals surface area contributed by atoms with Crippen molar-refractivity contribution in [1.29, 1.82) is 0 Å². The molecule has 0 saturated carbocycles. The molecule has 0 saturated heterocycles. The van der Waals surface area contributed by atoms with E-state index in [1.54, 1.807) is 0 Å². The zero-order chi connectivity index (χ0) is 13.7. The predicted octanol–water partition coefficient (Wildman–Crippen LogP) is 3.06. The first-order chi connectivity index (χ1) is 8.62. The first-order valence-electron chi connectivity index (χ1n) is 6.90. The van der Waals surface area contributed by atoms with E-state index in [-0.39, 0.29) is 6.61 Å². The minimum Gasteiger partial charge on any atom is -0.247 e. The average molecular weight is 281 g/mol. The molecule has 5 nitrogen and oxygen atoms in total. The van der Waals surface area contributed by atoms with E-state index in [1.807, 2.05) is 0 Å². The van der Waals surface area contributed by atoms with Crippen molar-refractivity contribution in [3.63, 3.8) is 0 Å². The summed E-state index contributed by atoms with van der Waals surface area (Å²) in [7, 11) is -3.95. The van der Waals surface area contributed by atoms with Crippen molar-refractivity contribution in [2.75, 3.05) is 6.61 Å². The van der Waals surface area contributed by atoms with Gasteiger partial charge in [-0.1, -0.05) is 64.7 Å². The molecule has 0 spiro atoms. The smallest absolute Gasteiger partial charge is 0.247 e. The van der Waals surface area contributed by atoms with Gasteiger partial charge in [0, 0.05) is 0 Å². The van der Waals surface area contributed by atoms with Gasteiger partial charge in [0.1, 0.15) is 0 Å². The molecule has 18 heavy (non-hydrogen) atoms. The van der Waals surface area contributed by atoms with Crippen molar-refractivity contribution in [2.45, 2.75) is 71.1 Å². The molecule has 110 valence electrons. The molecule has 0 atom stereocenters. The summed E-state index contributed by atoms with van der Waals surface area (Å²) in [5.74, 6) is 4.52. The van der Waals surface area contributed by atoms with Crippen molar-refractivity contribution >= 4 is 10.4 Å². The Morgan fingerprint density at radius 1 is 0.833 bits per heavy atom. The van der Waals surface area contributed by atoms with Gasteiger partial charge in [-0.2, -0.15) is 18.6 Å². The van der Waals surface area contributed by atoms with E-state index in [4.69, 9.17) is 0 Å². The molecule has 0 aromatic rings. The van der Waals surface area contributed by atoms with Gasteiger partial charge < -0.3 is 0 Å². The Balaban J connectivity index is 3.12. The normalized spacial score (nSPS) is 11.9. The topological polar surface area (TPSA) is 78.6 Å². The SMILES string of the molecule is CCCCCCCCCCCCOS(=O)(=O)ON. The lowest BCUT2D eigenvalue weighted by molar-refractivity contribution is 0.214. The summed E-state index contributed by atoms with van der Waals surface area (Å²) in [4.78, 5) is 0. The van der Waals surface area contributed by atoms with Crippen LogP contribution in [0.5, 0.6) is 0 Å². The fraction of sp³-hybridized carbons (Fsp3) is 1.00. The van der Waals surface area contributed by atoms with Crippen LogP contribution in [0.25, 0.3) is 0 Å². The van der Waals surface area contributed by atoms with E-state index < -0.39 is 10.4 Å². The Bertz CT molecular complexity index is 267. The second kappa shape index (κ2) is 11.9. The van der Waals surface area contributed by atoms with Gasteiger partial charge in [-0.3, -0.25) is 0 Å². The highest BCUT2D eigenvalue weighted by Crippen LogP contribution is 2.10. The molecule has 0 fully saturated rings. The third kappa shape index (κ3) is 12.3. The molecule has 0 rings (SSSR count). The monoisotopic (exact) mass is 281 g/mol. The van der Waals surface area contributed by atoms with Crippen molar-refractivity contribution in [2.24, 2.45) is 5.90 Å². The first kappa shape index (κ1) is 17.8. The van der Waals surface area contributed by atoms with Gasteiger partial charge in [-0.15, -0.1) is 0 Å². The van der Waals surface area contributed by atoms with E-state index in [9.17, 15) is 8.42 Å². The van der Waals surface area contributed by atoms with Crippen molar-refractivity contribution < 1.29 is 16.9 Å². The second-order valence-electron chi connectivity index (χ2n) is 4.51. The molecule has 0 aromatic heterocycles. The average Bonchev–Trinajstić information content (AvgIpc) is 2.36.